The van der Waals surface area contributed by atoms with Crippen LogP contribution in [-0.2, 0) is 4.74 Å². The largest absolute Gasteiger partial charge is 0.465 e. The Hall–Kier alpha value is -2.75. The first-order valence-corrected chi connectivity index (χ1v) is 6.83. The molecule has 22 heavy (non-hydrogen) atoms. The second kappa shape index (κ2) is 5.56. The van der Waals surface area contributed by atoms with E-state index in [1.807, 2.05) is 25.1 Å². The molecule has 0 bridgehead atoms. The van der Waals surface area contributed by atoms with Gasteiger partial charge in [0.25, 0.3) is 0 Å². The number of nitrogens with zero attached hydrogens (tertiary/aromatic N) is 1. The lowest BCUT2D eigenvalue weighted by molar-refractivity contribution is 0.0601. The van der Waals surface area contributed by atoms with Crippen molar-refractivity contribution in [3.8, 4) is 11.1 Å². The average Bonchev–Trinajstić information content (AvgIpc) is 2.54. The summed E-state index contributed by atoms with van der Waals surface area (Å²) in [5.74, 6) is -0.800. The zero-order valence-corrected chi connectivity index (χ0v) is 12.3. The van der Waals surface area contributed by atoms with Crippen molar-refractivity contribution < 1.29 is 13.9 Å². The Labute approximate surface area is 127 Å². The van der Waals surface area contributed by atoms with E-state index >= 15 is 0 Å². The number of aromatic nitrogens is 1. The minimum absolute atomic E-state index is 0.387. The zero-order chi connectivity index (χ0) is 15.7. The molecule has 0 fully saturated rings. The van der Waals surface area contributed by atoms with Crippen molar-refractivity contribution in [2.45, 2.75) is 6.92 Å². The molecule has 0 atom stereocenters. The highest BCUT2D eigenvalue weighted by atomic mass is 19.1. The molecule has 1 aromatic heterocycles. The Morgan fingerprint density at radius 2 is 1.95 bits per heavy atom. The van der Waals surface area contributed by atoms with Gasteiger partial charge in [-0.15, -0.1) is 0 Å². The number of esters is 1. The second-order valence-electron chi connectivity index (χ2n) is 5.04. The molecule has 3 rings (SSSR count). The number of hydrogen-bond acceptors (Lipinski definition) is 3. The van der Waals surface area contributed by atoms with Crippen LogP contribution in [-0.4, -0.2) is 18.1 Å². The number of pyridine rings is 1. The number of rotatable bonds is 2. The fourth-order valence-corrected chi connectivity index (χ4v) is 2.61. The summed E-state index contributed by atoms with van der Waals surface area (Å²) in [4.78, 5) is 15.5. The third-order valence-corrected chi connectivity index (χ3v) is 3.69. The number of benzene rings is 2. The minimum Gasteiger partial charge on any atom is -0.465 e. The number of aryl methyl sites for hydroxylation is 1. The van der Waals surface area contributed by atoms with Gasteiger partial charge >= 0.3 is 5.97 Å². The molecule has 0 spiro atoms. The molecule has 0 aliphatic carbocycles. The summed E-state index contributed by atoms with van der Waals surface area (Å²) in [5.41, 5.74) is 2.61. The van der Waals surface area contributed by atoms with Gasteiger partial charge in [0.05, 0.1) is 18.9 Å². The highest BCUT2D eigenvalue weighted by Crippen LogP contribution is 2.33. The molecule has 0 amide bonds. The van der Waals surface area contributed by atoms with E-state index in [9.17, 15) is 9.18 Å². The van der Waals surface area contributed by atoms with Gasteiger partial charge < -0.3 is 4.74 Å². The molecular weight excluding hydrogens is 281 g/mol. The molecule has 0 aliphatic rings. The van der Waals surface area contributed by atoms with E-state index < -0.39 is 5.97 Å². The lowest BCUT2D eigenvalue weighted by atomic mass is 9.93. The smallest absolute Gasteiger partial charge is 0.337 e. The second-order valence-corrected chi connectivity index (χ2v) is 5.04. The average molecular weight is 295 g/mol. The fraction of sp³-hybridized carbons (Fsp3) is 0.111. The van der Waals surface area contributed by atoms with Crippen LogP contribution >= 0.6 is 0 Å². The summed E-state index contributed by atoms with van der Waals surface area (Å²) in [6.07, 6.45) is 2.75. The van der Waals surface area contributed by atoms with E-state index in [1.54, 1.807) is 24.4 Å². The molecule has 3 nitrogen and oxygen atoms in total. The van der Waals surface area contributed by atoms with Crippen LogP contribution in [0.3, 0.4) is 0 Å². The number of carbonyl (C=O) groups is 1. The number of hydrogen-bond donors (Lipinski definition) is 0. The Balaban J connectivity index is 2.35. The van der Waals surface area contributed by atoms with Crippen LogP contribution in [0.4, 0.5) is 4.39 Å². The summed E-state index contributed by atoms with van der Waals surface area (Å²) >= 11 is 0. The van der Waals surface area contributed by atoms with Gasteiger partial charge in [-0.3, -0.25) is 4.98 Å². The summed E-state index contributed by atoms with van der Waals surface area (Å²) < 4.78 is 18.9. The molecule has 110 valence electrons. The Bertz CT molecular complexity index is 874. The van der Waals surface area contributed by atoms with Crippen molar-refractivity contribution in [3.63, 3.8) is 0 Å². The van der Waals surface area contributed by atoms with Gasteiger partial charge in [-0.25, -0.2) is 9.18 Å². The molecule has 4 heteroatoms. The van der Waals surface area contributed by atoms with Gasteiger partial charge in [0, 0.05) is 11.8 Å². The zero-order valence-electron chi connectivity index (χ0n) is 12.3. The van der Waals surface area contributed by atoms with Crippen molar-refractivity contribution in [2.75, 3.05) is 7.11 Å². The van der Waals surface area contributed by atoms with E-state index in [-0.39, 0.29) is 5.82 Å². The lowest BCUT2D eigenvalue weighted by Crippen LogP contribution is -2.01. The monoisotopic (exact) mass is 295 g/mol. The third-order valence-electron chi connectivity index (χ3n) is 3.69. The van der Waals surface area contributed by atoms with E-state index in [0.29, 0.717) is 11.1 Å². The van der Waals surface area contributed by atoms with Gasteiger partial charge in [0.2, 0.25) is 0 Å². The van der Waals surface area contributed by atoms with Crippen molar-refractivity contribution in [3.05, 3.63) is 65.7 Å². The van der Waals surface area contributed by atoms with Crippen LogP contribution in [0.1, 0.15) is 15.9 Å². The van der Waals surface area contributed by atoms with Crippen LogP contribution in [0.15, 0.2) is 48.8 Å². The van der Waals surface area contributed by atoms with E-state index in [4.69, 9.17) is 4.74 Å². The Morgan fingerprint density at radius 3 is 2.68 bits per heavy atom. The molecular formula is C18H14FNO2. The number of halogens is 1. The maximum Gasteiger partial charge on any atom is 0.337 e. The van der Waals surface area contributed by atoms with Gasteiger partial charge in [-0.1, -0.05) is 18.2 Å². The van der Waals surface area contributed by atoms with Gasteiger partial charge in [-0.05, 0) is 47.0 Å². The maximum absolute atomic E-state index is 14.2. The molecule has 0 radical (unpaired) electrons. The Morgan fingerprint density at radius 1 is 1.18 bits per heavy atom. The SMILES string of the molecule is COC(=O)c1ccc2ccc(C)c(-c3ccncc3F)c2c1. The molecule has 3 aromatic rings. The predicted octanol–water partition coefficient (Wildman–Crippen LogP) is 4.14. The highest BCUT2D eigenvalue weighted by Gasteiger charge is 2.14. The van der Waals surface area contributed by atoms with E-state index in [2.05, 4.69) is 4.98 Å². The fourth-order valence-electron chi connectivity index (χ4n) is 2.61. The van der Waals surface area contributed by atoms with Crippen molar-refractivity contribution in [1.29, 1.82) is 0 Å². The van der Waals surface area contributed by atoms with E-state index in [1.165, 1.54) is 13.3 Å². The van der Waals surface area contributed by atoms with Crippen LogP contribution in [0.2, 0.25) is 0 Å². The van der Waals surface area contributed by atoms with Gasteiger partial charge in [-0.2, -0.15) is 0 Å². The summed E-state index contributed by atoms with van der Waals surface area (Å²) in [7, 11) is 1.34. The molecule has 1 heterocycles. The number of fused-ring (bicyclic) bond motifs is 1. The molecule has 2 aromatic carbocycles. The summed E-state index contributed by atoms with van der Waals surface area (Å²) in [5, 5.41) is 1.75. The molecule has 0 aliphatic heterocycles. The number of carbonyl (C=O) groups excluding carboxylic acids is 1. The molecule has 0 unspecified atom stereocenters. The number of ether oxygens (including phenoxy) is 1. The van der Waals surface area contributed by atoms with Gasteiger partial charge in [0.15, 0.2) is 0 Å². The Kier molecular flexibility index (Phi) is 3.59. The molecule has 0 saturated heterocycles. The first-order chi connectivity index (χ1) is 10.6. The van der Waals surface area contributed by atoms with Crippen molar-refractivity contribution in [1.82, 2.24) is 4.98 Å². The summed E-state index contributed by atoms with van der Waals surface area (Å²) in [6, 6.07) is 10.8. The number of methoxy groups -OCH3 is 1. The first-order valence-electron chi connectivity index (χ1n) is 6.83. The van der Waals surface area contributed by atoms with Crippen LogP contribution in [0, 0.1) is 12.7 Å². The normalized spacial score (nSPS) is 10.7. The van der Waals surface area contributed by atoms with Crippen molar-refractivity contribution >= 4 is 16.7 Å². The topological polar surface area (TPSA) is 39.2 Å². The minimum atomic E-state index is -0.412. The van der Waals surface area contributed by atoms with Gasteiger partial charge in [0.1, 0.15) is 5.82 Å². The van der Waals surface area contributed by atoms with Crippen LogP contribution in [0.25, 0.3) is 21.9 Å². The van der Waals surface area contributed by atoms with Crippen molar-refractivity contribution in [2.24, 2.45) is 0 Å². The highest BCUT2D eigenvalue weighted by molar-refractivity contribution is 6.02. The third kappa shape index (κ3) is 2.33. The standard InChI is InChI=1S/C18H14FNO2/c1-11-3-4-12-5-6-13(18(21)22-2)9-15(12)17(11)14-7-8-20-10-16(14)19/h3-10H,1-2H3. The first kappa shape index (κ1) is 14.2. The molecule has 0 saturated carbocycles. The predicted molar refractivity (Wildman–Crippen MR) is 83.2 cm³/mol. The summed E-state index contributed by atoms with van der Waals surface area (Å²) in [6.45, 7) is 1.92. The van der Waals surface area contributed by atoms with Crippen LogP contribution < -0.4 is 0 Å². The van der Waals surface area contributed by atoms with Crippen LogP contribution in [0.5, 0.6) is 0 Å². The molecule has 0 N–H and O–H groups in total. The van der Waals surface area contributed by atoms with E-state index in [0.717, 1.165) is 21.9 Å². The maximum atomic E-state index is 14.2. The quantitative estimate of drug-likeness (QED) is 0.667. The lowest BCUT2D eigenvalue weighted by Gasteiger charge is -2.12.